The van der Waals surface area contributed by atoms with Gasteiger partial charge in [-0.2, -0.15) is 5.26 Å². The van der Waals surface area contributed by atoms with Crippen molar-refractivity contribution in [3.05, 3.63) is 110 Å². The minimum Gasteiger partial charge on any atom is -0.311 e. The zero-order valence-corrected chi connectivity index (χ0v) is 17.2. The molecule has 0 saturated heterocycles. The fourth-order valence-corrected chi connectivity index (χ4v) is 4.21. The lowest BCUT2D eigenvalue weighted by Crippen LogP contribution is -2.28. The Bertz CT molecular complexity index is 1320. The topological polar surface area (TPSA) is 49.0 Å². The van der Waals surface area contributed by atoms with Crippen molar-refractivity contribution in [2.24, 2.45) is 7.05 Å². The highest BCUT2D eigenvalue weighted by atomic mass is 32.1. The number of nitrogens with zero attached hydrogens (tertiary/aromatic N) is 3. The van der Waals surface area contributed by atoms with Gasteiger partial charge >= 0.3 is 0 Å². The summed E-state index contributed by atoms with van der Waals surface area (Å²) in [5, 5.41) is 8.88. The van der Waals surface area contributed by atoms with E-state index in [1.54, 1.807) is 7.05 Å². The monoisotopic (exact) mass is 409 g/mol. The molecule has 0 aliphatic heterocycles. The Hall–Kier alpha value is -3.88. The molecule has 0 unspecified atom stereocenters. The normalized spacial score (nSPS) is 12.0. The van der Waals surface area contributed by atoms with Crippen LogP contribution < -0.4 is 19.7 Å². The van der Waals surface area contributed by atoms with Crippen molar-refractivity contribution in [1.82, 2.24) is 4.57 Å². The molecule has 146 valence electrons. The lowest BCUT2D eigenvalue weighted by molar-refractivity contribution is 0.857. The largest absolute Gasteiger partial charge is 0.311 e. The lowest BCUT2D eigenvalue weighted by atomic mass is 10.1. The maximum atomic E-state index is 12.4. The van der Waals surface area contributed by atoms with Gasteiger partial charge in [-0.15, -0.1) is 11.3 Å². The van der Waals surface area contributed by atoms with Crippen molar-refractivity contribution in [1.29, 1.82) is 5.26 Å². The van der Waals surface area contributed by atoms with E-state index in [0.29, 0.717) is 9.20 Å². The van der Waals surface area contributed by atoms with E-state index in [9.17, 15) is 4.79 Å². The van der Waals surface area contributed by atoms with Gasteiger partial charge in [0.15, 0.2) is 0 Å². The molecule has 0 N–H and O–H groups in total. The Morgan fingerprint density at radius 3 is 1.93 bits per heavy atom. The number of anilines is 3. The van der Waals surface area contributed by atoms with Crippen LogP contribution in [0, 0.1) is 11.3 Å². The lowest BCUT2D eigenvalue weighted by Gasteiger charge is -2.25. The van der Waals surface area contributed by atoms with Gasteiger partial charge in [0, 0.05) is 30.2 Å². The van der Waals surface area contributed by atoms with Crippen LogP contribution in [-0.4, -0.2) is 4.57 Å². The van der Waals surface area contributed by atoms with Crippen LogP contribution in [0.15, 0.2) is 89.7 Å². The quantitative estimate of drug-likeness (QED) is 0.511. The average Bonchev–Trinajstić information content (AvgIpc) is 3.05. The fourth-order valence-electron chi connectivity index (χ4n) is 3.24. The number of hydrogen-bond acceptors (Lipinski definition) is 4. The molecule has 0 amide bonds. The maximum Gasteiger partial charge on any atom is 0.268 e. The Kier molecular flexibility index (Phi) is 5.60. The predicted octanol–water partition coefficient (Wildman–Crippen LogP) is 4.05. The Labute approximate surface area is 178 Å². The van der Waals surface area contributed by atoms with Gasteiger partial charge in [0.05, 0.1) is 10.6 Å². The van der Waals surface area contributed by atoms with E-state index >= 15 is 0 Å². The summed E-state index contributed by atoms with van der Waals surface area (Å²) < 4.78 is 2.75. The molecule has 0 aliphatic carbocycles. The zero-order chi connectivity index (χ0) is 20.9. The Balaban J connectivity index is 1.75. The predicted molar refractivity (Wildman–Crippen MR) is 124 cm³/mol. The van der Waals surface area contributed by atoms with Crippen molar-refractivity contribution in [3.8, 4) is 6.07 Å². The highest BCUT2D eigenvalue weighted by Crippen LogP contribution is 2.33. The van der Waals surface area contributed by atoms with E-state index in [4.69, 9.17) is 5.26 Å². The van der Waals surface area contributed by atoms with Gasteiger partial charge < -0.3 is 9.47 Å². The van der Waals surface area contributed by atoms with Crippen LogP contribution in [0.25, 0.3) is 12.2 Å². The van der Waals surface area contributed by atoms with Crippen LogP contribution in [0.1, 0.15) is 5.56 Å². The third-order valence-electron chi connectivity index (χ3n) is 4.73. The summed E-state index contributed by atoms with van der Waals surface area (Å²) >= 11 is 1.32. The van der Waals surface area contributed by atoms with E-state index in [1.165, 1.54) is 22.0 Å². The summed E-state index contributed by atoms with van der Waals surface area (Å²) in [6, 6.07) is 30.5. The first kappa shape index (κ1) is 19.4. The summed E-state index contributed by atoms with van der Waals surface area (Å²) in [5.74, 6) is 0. The number of para-hydroxylation sites is 2. The molecular formula is C25H19N3OS. The second kappa shape index (κ2) is 8.64. The molecule has 0 atom stereocenters. The number of hydrogen-bond donors (Lipinski definition) is 0. The van der Waals surface area contributed by atoms with Crippen LogP contribution in [0.4, 0.5) is 17.1 Å². The van der Waals surface area contributed by atoms with Crippen LogP contribution in [-0.2, 0) is 7.05 Å². The molecule has 0 fully saturated rings. The molecule has 0 saturated carbocycles. The third kappa shape index (κ3) is 3.95. The van der Waals surface area contributed by atoms with E-state index in [1.807, 2.05) is 72.8 Å². The van der Waals surface area contributed by atoms with Crippen molar-refractivity contribution in [3.63, 3.8) is 0 Å². The number of rotatable bonds is 4. The van der Waals surface area contributed by atoms with Crippen LogP contribution in [0.2, 0.25) is 0 Å². The smallest absolute Gasteiger partial charge is 0.268 e. The van der Waals surface area contributed by atoms with Crippen LogP contribution in [0.5, 0.6) is 0 Å². The second-order valence-corrected chi connectivity index (χ2v) is 7.75. The number of thiazole rings is 1. The van der Waals surface area contributed by atoms with Gasteiger partial charge in [-0.05, 0) is 48.0 Å². The zero-order valence-electron chi connectivity index (χ0n) is 16.4. The fraction of sp³-hybridized carbons (Fsp3) is 0.0400. The highest BCUT2D eigenvalue weighted by molar-refractivity contribution is 7.07. The van der Waals surface area contributed by atoms with E-state index < -0.39 is 0 Å². The molecule has 4 rings (SSSR count). The summed E-state index contributed by atoms with van der Waals surface area (Å²) in [6.07, 6.45) is 3.25. The molecular weight excluding hydrogens is 390 g/mol. The van der Waals surface area contributed by atoms with Crippen LogP contribution >= 0.6 is 11.3 Å². The van der Waals surface area contributed by atoms with Gasteiger partial charge in [0.2, 0.25) is 0 Å². The molecule has 5 heteroatoms. The average molecular weight is 410 g/mol. The second-order valence-electron chi connectivity index (χ2n) is 6.68. The van der Waals surface area contributed by atoms with Crippen LogP contribution in [0.3, 0.4) is 0 Å². The number of aromatic nitrogens is 1. The van der Waals surface area contributed by atoms with Crippen molar-refractivity contribution >= 4 is 40.6 Å². The number of benzene rings is 3. The Morgan fingerprint density at radius 2 is 1.40 bits per heavy atom. The van der Waals surface area contributed by atoms with Gasteiger partial charge in [-0.25, -0.2) is 0 Å². The molecule has 0 aliphatic rings. The van der Waals surface area contributed by atoms with Gasteiger partial charge in [-0.1, -0.05) is 48.5 Å². The first-order chi connectivity index (χ1) is 14.7. The van der Waals surface area contributed by atoms with Crippen molar-refractivity contribution < 1.29 is 0 Å². The molecule has 0 radical (unpaired) electrons. The van der Waals surface area contributed by atoms with Gasteiger partial charge in [0.25, 0.3) is 5.56 Å². The van der Waals surface area contributed by atoms with Crippen molar-refractivity contribution in [2.45, 2.75) is 0 Å². The minimum absolute atomic E-state index is 0.0965. The van der Waals surface area contributed by atoms with Crippen molar-refractivity contribution in [2.75, 3.05) is 4.90 Å². The van der Waals surface area contributed by atoms with E-state index in [-0.39, 0.29) is 5.56 Å². The highest BCUT2D eigenvalue weighted by Gasteiger charge is 2.11. The first-order valence-corrected chi connectivity index (χ1v) is 10.3. The molecule has 3 aromatic carbocycles. The minimum atomic E-state index is -0.0965. The Morgan fingerprint density at radius 1 is 0.867 bits per heavy atom. The van der Waals surface area contributed by atoms with E-state index in [0.717, 1.165) is 22.6 Å². The molecule has 30 heavy (non-hydrogen) atoms. The summed E-state index contributed by atoms with van der Waals surface area (Å²) in [7, 11) is 1.68. The molecule has 0 bridgehead atoms. The molecule has 4 nitrogen and oxygen atoms in total. The SMILES string of the molecule is Cn1c(=O)/c(=C\c2ccc(N(c3ccccc3)c3ccccc3)cc2)s/c1=C\C#N. The first-order valence-electron chi connectivity index (χ1n) is 9.45. The molecule has 4 aromatic rings. The summed E-state index contributed by atoms with van der Waals surface area (Å²) in [4.78, 5) is 14.6. The summed E-state index contributed by atoms with van der Waals surface area (Å²) in [6.45, 7) is 0. The maximum absolute atomic E-state index is 12.4. The van der Waals surface area contributed by atoms with E-state index in [2.05, 4.69) is 29.2 Å². The van der Waals surface area contributed by atoms with Gasteiger partial charge in [-0.3, -0.25) is 4.79 Å². The number of nitriles is 1. The van der Waals surface area contributed by atoms with Gasteiger partial charge in [0.1, 0.15) is 4.66 Å². The molecule has 1 aromatic heterocycles. The summed E-state index contributed by atoms with van der Waals surface area (Å²) in [5.41, 5.74) is 4.01. The molecule has 1 heterocycles. The standard InChI is InChI=1S/C25H19N3OS/c1-27-24(16-17-26)30-23(25(27)29)18-19-12-14-22(15-13-19)28(20-8-4-2-5-9-20)21-10-6-3-7-11-21/h2-16,18H,1H3/b23-18+,24-16-. The molecule has 0 spiro atoms. The third-order valence-corrected chi connectivity index (χ3v) is 5.84.